The number of rotatable bonds is 9. The molecule has 4 N–H and O–H groups in total. The van der Waals surface area contributed by atoms with E-state index in [0.717, 1.165) is 26.9 Å². The standard InChI is InChI=1S/C22H24ClNO4S/c1-15-2-11-21(28-15)17-5-9-19(10-6-17)29-18-7-3-16(4-8-18)20(27)12-22(13-25,14-26)24-23/h2-11,20,24-27H,12-14H2,1H3. The Kier molecular flexibility index (Phi) is 7.40. The van der Waals surface area contributed by atoms with Crippen molar-refractivity contribution in [2.45, 2.75) is 34.8 Å². The molecule has 3 rings (SSSR count). The van der Waals surface area contributed by atoms with Crippen LogP contribution in [0.25, 0.3) is 11.3 Å². The molecular weight excluding hydrogens is 410 g/mol. The van der Waals surface area contributed by atoms with Gasteiger partial charge >= 0.3 is 0 Å². The third kappa shape index (κ3) is 5.42. The molecule has 3 aromatic rings. The third-order valence-electron chi connectivity index (χ3n) is 4.77. The van der Waals surface area contributed by atoms with E-state index in [1.165, 1.54) is 0 Å². The number of halogens is 1. The molecule has 1 heterocycles. The van der Waals surface area contributed by atoms with Crippen LogP contribution in [0, 0.1) is 6.92 Å². The second kappa shape index (κ2) is 9.80. The summed E-state index contributed by atoms with van der Waals surface area (Å²) in [5, 5.41) is 29.3. The number of furan rings is 1. The van der Waals surface area contributed by atoms with Crippen LogP contribution in [0.4, 0.5) is 0 Å². The number of hydrogen-bond acceptors (Lipinski definition) is 6. The lowest BCUT2D eigenvalue weighted by Gasteiger charge is -2.30. The van der Waals surface area contributed by atoms with Crippen molar-refractivity contribution in [3.63, 3.8) is 0 Å². The van der Waals surface area contributed by atoms with Crippen molar-refractivity contribution >= 4 is 23.5 Å². The topological polar surface area (TPSA) is 85.9 Å². The zero-order chi connectivity index (χ0) is 20.9. The minimum absolute atomic E-state index is 0.0870. The minimum atomic E-state index is -1.14. The Bertz CT molecular complexity index is 899. The van der Waals surface area contributed by atoms with Gasteiger partial charge in [0, 0.05) is 21.8 Å². The van der Waals surface area contributed by atoms with Gasteiger partial charge < -0.3 is 19.7 Å². The van der Waals surface area contributed by atoms with E-state index >= 15 is 0 Å². The van der Waals surface area contributed by atoms with Crippen LogP contribution in [0.3, 0.4) is 0 Å². The molecule has 0 aliphatic heterocycles. The molecule has 0 radical (unpaired) electrons. The number of aryl methyl sites for hydroxylation is 1. The van der Waals surface area contributed by atoms with Crippen molar-refractivity contribution in [3.05, 3.63) is 72.0 Å². The Balaban J connectivity index is 1.64. The van der Waals surface area contributed by atoms with Crippen molar-refractivity contribution in [1.82, 2.24) is 4.84 Å². The highest BCUT2D eigenvalue weighted by atomic mass is 35.5. The van der Waals surface area contributed by atoms with Crippen LogP contribution in [0.15, 0.2) is 74.9 Å². The molecule has 0 aliphatic carbocycles. The molecule has 154 valence electrons. The van der Waals surface area contributed by atoms with E-state index in [0.29, 0.717) is 5.56 Å². The molecule has 1 aromatic heterocycles. The average molecular weight is 434 g/mol. The zero-order valence-corrected chi connectivity index (χ0v) is 17.6. The fourth-order valence-electron chi connectivity index (χ4n) is 2.94. The Morgan fingerprint density at radius 3 is 2.03 bits per heavy atom. The van der Waals surface area contributed by atoms with Crippen LogP contribution in [-0.2, 0) is 0 Å². The van der Waals surface area contributed by atoms with Crippen LogP contribution >= 0.6 is 23.5 Å². The van der Waals surface area contributed by atoms with Gasteiger partial charge in [0.15, 0.2) is 0 Å². The predicted octanol–water partition coefficient (Wildman–Crippen LogP) is 4.30. The summed E-state index contributed by atoms with van der Waals surface area (Å²) >= 11 is 7.25. The predicted molar refractivity (Wildman–Crippen MR) is 115 cm³/mol. The van der Waals surface area contributed by atoms with Gasteiger partial charge in [0.1, 0.15) is 11.5 Å². The molecule has 0 aliphatic rings. The summed E-state index contributed by atoms with van der Waals surface area (Å²) in [5.41, 5.74) is 0.587. The second-order valence-electron chi connectivity index (χ2n) is 7.02. The van der Waals surface area contributed by atoms with Crippen molar-refractivity contribution < 1.29 is 19.7 Å². The highest BCUT2D eigenvalue weighted by Crippen LogP contribution is 2.32. The van der Waals surface area contributed by atoms with Gasteiger partial charge in [-0.25, -0.2) is 4.84 Å². The maximum absolute atomic E-state index is 10.4. The molecule has 0 saturated carbocycles. The molecule has 0 bridgehead atoms. The molecule has 0 amide bonds. The summed E-state index contributed by atoms with van der Waals surface area (Å²) in [6.07, 6.45) is -0.778. The van der Waals surface area contributed by atoms with Crippen LogP contribution in [0.5, 0.6) is 0 Å². The molecule has 7 heteroatoms. The van der Waals surface area contributed by atoms with Crippen molar-refractivity contribution in [3.8, 4) is 11.3 Å². The minimum Gasteiger partial charge on any atom is -0.461 e. The summed E-state index contributed by atoms with van der Waals surface area (Å²) in [5.74, 6) is 1.74. The number of nitrogens with one attached hydrogen (secondary N) is 1. The lowest BCUT2D eigenvalue weighted by molar-refractivity contribution is 0.0526. The van der Waals surface area contributed by atoms with E-state index in [1.807, 2.05) is 67.6 Å². The van der Waals surface area contributed by atoms with Gasteiger partial charge in [0.05, 0.1) is 24.9 Å². The van der Waals surface area contributed by atoms with E-state index in [4.69, 9.17) is 16.2 Å². The lowest BCUT2D eigenvalue weighted by Crippen LogP contribution is -2.48. The third-order valence-corrected chi connectivity index (χ3v) is 6.19. The van der Waals surface area contributed by atoms with Gasteiger partial charge in [-0.15, -0.1) is 0 Å². The Morgan fingerprint density at radius 1 is 0.966 bits per heavy atom. The second-order valence-corrected chi connectivity index (χ2v) is 8.35. The highest BCUT2D eigenvalue weighted by molar-refractivity contribution is 7.99. The largest absolute Gasteiger partial charge is 0.461 e. The first kappa shape index (κ1) is 21.9. The summed E-state index contributed by atoms with van der Waals surface area (Å²) < 4.78 is 5.65. The lowest BCUT2D eigenvalue weighted by atomic mass is 9.92. The van der Waals surface area contributed by atoms with Crippen molar-refractivity contribution in [2.75, 3.05) is 13.2 Å². The number of aliphatic hydroxyl groups excluding tert-OH is 3. The Labute approximate surface area is 179 Å². The van der Waals surface area contributed by atoms with Gasteiger partial charge in [-0.1, -0.05) is 36.0 Å². The zero-order valence-electron chi connectivity index (χ0n) is 16.0. The molecule has 5 nitrogen and oxygen atoms in total. The number of benzene rings is 2. The molecule has 1 unspecified atom stereocenters. The van der Waals surface area contributed by atoms with Gasteiger partial charge in [-0.3, -0.25) is 0 Å². The summed E-state index contributed by atoms with van der Waals surface area (Å²) in [7, 11) is 0. The monoisotopic (exact) mass is 433 g/mol. The first-order valence-electron chi connectivity index (χ1n) is 9.21. The summed E-state index contributed by atoms with van der Waals surface area (Å²) in [4.78, 5) is 4.51. The first-order chi connectivity index (χ1) is 14.0. The molecule has 0 fully saturated rings. The molecule has 0 spiro atoms. The molecule has 1 atom stereocenters. The summed E-state index contributed by atoms with van der Waals surface area (Å²) in [6.45, 7) is 1.16. The smallest absolute Gasteiger partial charge is 0.134 e. The van der Waals surface area contributed by atoms with Crippen LogP contribution in [0.1, 0.15) is 23.8 Å². The molecule has 2 aromatic carbocycles. The maximum atomic E-state index is 10.4. The number of aliphatic hydroxyl groups is 3. The van der Waals surface area contributed by atoms with Gasteiger partial charge in [0.25, 0.3) is 0 Å². The average Bonchev–Trinajstić information content (AvgIpc) is 3.19. The molecule has 29 heavy (non-hydrogen) atoms. The SMILES string of the molecule is Cc1ccc(-c2ccc(Sc3ccc(C(O)CC(CO)(CO)NCl)cc3)cc2)o1. The fraction of sp³-hybridized carbons (Fsp3) is 0.273. The normalized spacial score (nSPS) is 12.9. The quantitative estimate of drug-likeness (QED) is 0.376. The van der Waals surface area contributed by atoms with E-state index in [1.54, 1.807) is 11.8 Å². The Hall–Kier alpha value is -1.80. The van der Waals surface area contributed by atoms with Crippen LogP contribution < -0.4 is 4.84 Å². The van der Waals surface area contributed by atoms with Crippen LogP contribution in [-0.4, -0.2) is 34.1 Å². The van der Waals surface area contributed by atoms with Crippen LogP contribution in [0.2, 0.25) is 0 Å². The fourth-order valence-corrected chi connectivity index (χ4v) is 3.95. The highest BCUT2D eigenvalue weighted by Gasteiger charge is 2.31. The van der Waals surface area contributed by atoms with E-state index in [2.05, 4.69) is 4.84 Å². The van der Waals surface area contributed by atoms with Crippen molar-refractivity contribution in [2.24, 2.45) is 0 Å². The van der Waals surface area contributed by atoms with E-state index in [9.17, 15) is 15.3 Å². The number of hydrogen-bond donors (Lipinski definition) is 4. The first-order valence-corrected chi connectivity index (χ1v) is 10.4. The van der Waals surface area contributed by atoms with E-state index < -0.39 is 11.6 Å². The van der Waals surface area contributed by atoms with Gasteiger partial charge in [-0.05, 0) is 60.7 Å². The molecule has 0 saturated heterocycles. The molecular formula is C22H24ClNO4S. The van der Waals surface area contributed by atoms with Crippen molar-refractivity contribution in [1.29, 1.82) is 0 Å². The maximum Gasteiger partial charge on any atom is 0.134 e. The van der Waals surface area contributed by atoms with E-state index in [-0.39, 0.29) is 19.6 Å². The van der Waals surface area contributed by atoms with Gasteiger partial charge in [0.2, 0.25) is 0 Å². The summed E-state index contributed by atoms with van der Waals surface area (Å²) in [6, 6.07) is 19.6. The van der Waals surface area contributed by atoms with Gasteiger partial charge in [-0.2, -0.15) is 0 Å². The Morgan fingerprint density at radius 2 is 1.55 bits per heavy atom.